The lowest BCUT2D eigenvalue weighted by Gasteiger charge is -2.20. The smallest absolute Gasteiger partial charge is 0.165 e. The van der Waals surface area contributed by atoms with Crippen molar-refractivity contribution < 1.29 is 17.6 Å². The highest BCUT2D eigenvalue weighted by atomic mass is 19.2. The molecule has 1 aromatic rings. The Morgan fingerprint density at radius 1 is 0.789 bits per heavy atom. The Labute approximate surface area is 111 Å². The molecular weight excluding hydrogens is 256 g/mol. The lowest BCUT2D eigenvalue weighted by Crippen LogP contribution is -2.16. The van der Waals surface area contributed by atoms with E-state index in [9.17, 15) is 17.6 Å². The normalized spacial score (nSPS) is 12.3. The summed E-state index contributed by atoms with van der Waals surface area (Å²) in [6.45, 7) is 8.73. The maximum Gasteiger partial charge on any atom is 0.165 e. The summed E-state index contributed by atoms with van der Waals surface area (Å²) in [6.07, 6.45) is -0.0816. The van der Waals surface area contributed by atoms with Gasteiger partial charge in [0.15, 0.2) is 23.3 Å². The van der Waals surface area contributed by atoms with Crippen LogP contribution in [0.1, 0.15) is 45.7 Å². The molecule has 0 bridgehead atoms. The molecule has 0 unspecified atom stereocenters. The van der Waals surface area contributed by atoms with E-state index in [1.807, 2.05) is 0 Å². The molecule has 1 aromatic carbocycles. The number of hydrogen-bond donors (Lipinski definition) is 0. The monoisotopic (exact) mass is 276 g/mol. The van der Waals surface area contributed by atoms with Gasteiger partial charge in [0.2, 0.25) is 0 Å². The number of hydrogen-bond acceptors (Lipinski definition) is 0. The molecule has 19 heavy (non-hydrogen) atoms. The fraction of sp³-hybridized carbons (Fsp3) is 0.600. The minimum absolute atomic E-state index is 0.0265. The van der Waals surface area contributed by atoms with E-state index in [2.05, 4.69) is 0 Å². The van der Waals surface area contributed by atoms with E-state index in [0.717, 1.165) is 0 Å². The van der Waals surface area contributed by atoms with Gasteiger partial charge in [0.05, 0.1) is 0 Å². The third-order valence-electron chi connectivity index (χ3n) is 2.76. The Hall–Kier alpha value is -1.06. The van der Waals surface area contributed by atoms with Crippen molar-refractivity contribution in [1.82, 2.24) is 0 Å². The van der Waals surface area contributed by atoms with E-state index in [-0.39, 0.29) is 18.8 Å². The van der Waals surface area contributed by atoms with Crippen molar-refractivity contribution in [2.24, 2.45) is 11.3 Å². The van der Waals surface area contributed by atoms with Crippen molar-refractivity contribution in [2.75, 3.05) is 0 Å². The molecule has 0 aromatic heterocycles. The number of benzene rings is 1. The molecule has 0 aliphatic rings. The summed E-state index contributed by atoms with van der Waals surface area (Å²) in [6, 6.07) is 0. The van der Waals surface area contributed by atoms with Crippen molar-refractivity contribution in [3.8, 4) is 0 Å². The van der Waals surface area contributed by atoms with E-state index >= 15 is 0 Å². The summed E-state index contributed by atoms with van der Waals surface area (Å²) in [5.74, 6) is -5.12. The largest absolute Gasteiger partial charge is 0.203 e. The van der Waals surface area contributed by atoms with Gasteiger partial charge in [0.25, 0.3) is 0 Å². The molecule has 1 rings (SSSR count). The summed E-state index contributed by atoms with van der Waals surface area (Å²) < 4.78 is 55.5. The topological polar surface area (TPSA) is 0 Å². The molecule has 0 aliphatic carbocycles. The van der Waals surface area contributed by atoms with Crippen LogP contribution < -0.4 is 0 Å². The van der Waals surface area contributed by atoms with Crippen molar-refractivity contribution in [1.29, 1.82) is 0 Å². The van der Waals surface area contributed by atoms with Crippen LogP contribution in [0.4, 0.5) is 17.6 Å². The van der Waals surface area contributed by atoms with Gasteiger partial charge in [0.1, 0.15) is 0 Å². The molecule has 108 valence electrons. The van der Waals surface area contributed by atoms with Gasteiger partial charge in [-0.25, -0.2) is 17.6 Å². The average molecular weight is 276 g/mol. The Balaban J connectivity index is 3.39. The Morgan fingerprint density at radius 3 is 1.47 bits per heavy atom. The fourth-order valence-electron chi connectivity index (χ4n) is 2.00. The highest BCUT2D eigenvalue weighted by Crippen LogP contribution is 2.30. The molecular formula is C15H20F4. The molecule has 0 N–H and O–H groups in total. The molecule has 0 saturated heterocycles. The van der Waals surface area contributed by atoms with Gasteiger partial charge in [-0.3, -0.25) is 0 Å². The molecule has 4 heteroatoms. The SMILES string of the molecule is CC(C)Cc1c(F)c(F)c(CC(C)(C)C)c(F)c1F. The second-order valence-electron chi connectivity index (χ2n) is 6.55. The highest BCUT2D eigenvalue weighted by molar-refractivity contribution is 5.31. The molecule has 0 fully saturated rings. The molecule has 0 spiro atoms. The maximum absolute atomic E-state index is 13.9. The van der Waals surface area contributed by atoms with Crippen molar-refractivity contribution in [3.05, 3.63) is 34.4 Å². The lowest BCUT2D eigenvalue weighted by molar-refractivity contribution is 0.365. The molecule has 0 heterocycles. The summed E-state index contributed by atoms with van der Waals surface area (Å²) in [4.78, 5) is 0. The second kappa shape index (κ2) is 5.51. The highest BCUT2D eigenvalue weighted by Gasteiger charge is 2.27. The quantitative estimate of drug-likeness (QED) is 0.536. The first-order valence-corrected chi connectivity index (χ1v) is 6.38. The zero-order valence-corrected chi connectivity index (χ0v) is 12.0. The van der Waals surface area contributed by atoms with Gasteiger partial charge in [-0.15, -0.1) is 0 Å². The van der Waals surface area contributed by atoms with Crippen LogP contribution in [-0.4, -0.2) is 0 Å². The lowest BCUT2D eigenvalue weighted by atomic mass is 9.86. The predicted octanol–water partition coefficient (Wildman–Crippen LogP) is 5.03. The van der Waals surface area contributed by atoms with Crippen LogP contribution in [0.5, 0.6) is 0 Å². The number of halogens is 4. The minimum Gasteiger partial charge on any atom is -0.203 e. The van der Waals surface area contributed by atoms with E-state index in [4.69, 9.17) is 0 Å². The summed E-state index contributed by atoms with van der Waals surface area (Å²) in [5.41, 5.74) is -1.46. The zero-order valence-electron chi connectivity index (χ0n) is 12.0. The van der Waals surface area contributed by atoms with Gasteiger partial charge < -0.3 is 0 Å². The standard InChI is InChI=1S/C15H20F4/c1-8(2)6-9-11(16)13(18)10(7-15(3,4)5)14(19)12(9)17/h8H,6-7H2,1-5H3. The zero-order chi connectivity index (χ0) is 15.0. The van der Waals surface area contributed by atoms with Crippen LogP contribution in [0.15, 0.2) is 0 Å². The molecule has 0 aliphatic heterocycles. The number of rotatable bonds is 3. The predicted molar refractivity (Wildman–Crippen MR) is 68.0 cm³/mol. The van der Waals surface area contributed by atoms with E-state index in [1.54, 1.807) is 34.6 Å². The van der Waals surface area contributed by atoms with Crippen LogP contribution in [0, 0.1) is 34.6 Å². The maximum atomic E-state index is 13.9. The van der Waals surface area contributed by atoms with E-state index in [0.29, 0.717) is 0 Å². The van der Waals surface area contributed by atoms with Crippen molar-refractivity contribution in [3.63, 3.8) is 0 Å². The van der Waals surface area contributed by atoms with Gasteiger partial charge >= 0.3 is 0 Å². The van der Waals surface area contributed by atoms with Gasteiger partial charge in [-0.2, -0.15) is 0 Å². The summed E-state index contributed by atoms with van der Waals surface area (Å²) >= 11 is 0. The van der Waals surface area contributed by atoms with Crippen molar-refractivity contribution >= 4 is 0 Å². The Kier molecular flexibility index (Phi) is 4.64. The van der Waals surface area contributed by atoms with Crippen LogP contribution in [0.3, 0.4) is 0 Å². The average Bonchev–Trinajstić information content (AvgIpc) is 2.26. The van der Waals surface area contributed by atoms with Gasteiger partial charge in [-0.05, 0) is 24.2 Å². The van der Waals surface area contributed by atoms with Crippen LogP contribution >= 0.6 is 0 Å². The first kappa shape index (κ1) is 16.0. The Morgan fingerprint density at radius 2 is 1.16 bits per heavy atom. The summed E-state index contributed by atoms with van der Waals surface area (Å²) in [5, 5.41) is 0. The Bertz CT molecular complexity index is 441. The molecule has 0 nitrogen and oxygen atoms in total. The minimum atomic E-state index is -1.26. The van der Waals surface area contributed by atoms with E-state index < -0.39 is 39.8 Å². The third kappa shape index (κ3) is 3.71. The molecule has 0 atom stereocenters. The molecule has 0 radical (unpaired) electrons. The fourth-order valence-corrected chi connectivity index (χ4v) is 2.00. The van der Waals surface area contributed by atoms with Crippen LogP contribution in [0.25, 0.3) is 0 Å². The molecule has 0 saturated carbocycles. The van der Waals surface area contributed by atoms with Crippen molar-refractivity contribution in [2.45, 2.75) is 47.5 Å². The molecule has 0 amide bonds. The van der Waals surface area contributed by atoms with Crippen LogP contribution in [-0.2, 0) is 12.8 Å². The summed E-state index contributed by atoms with van der Waals surface area (Å²) in [7, 11) is 0. The first-order valence-electron chi connectivity index (χ1n) is 6.38. The van der Waals surface area contributed by atoms with E-state index in [1.165, 1.54) is 0 Å². The van der Waals surface area contributed by atoms with Crippen LogP contribution in [0.2, 0.25) is 0 Å². The second-order valence-corrected chi connectivity index (χ2v) is 6.55. The first-order chi connectivity index (χ1) is 8.54. The third-order valence-corrected chi connectivity index (χ3v) is 2.76. The van der Waals surface area contributed by atoms with Gasteiger partial charge in [-0.1, -0.05) is 34.6 Å². The van der Waals surface area contributed by atoms with Gasteiger partial charge in [0, 0.05) is 11.1 Å².